The summed E-state index contributed by atoms with van der Waals surface area (Å²) in [6.07, 6.45) is 2.37. The number of hydrogen-bond acceptors (Lipinski definition) is 2. The zero-order valence-electron chi connectivity index (χ0n) is 10.6. The molecule has 0 spiro atoms. The van der Waals surface area contributed by atoms with Crippen molar-refractivity contribution in [3.63, 3.8) is 0 Å². The number of amides is 1. The molecule has 1 aromatic heterocycles. The van der Waals surface area contributed by atoms with Crippen LogP contribution >= 0.6 is 22.9 Å². The van der Waals surface area contributed by atoms with Crippen molar-refractivity contribution in [1.82, 2.24) is 0 Å². The highest BCUT2D eigenvalue weighted by atomic mass is 35.5. The summed E-state index contributed by atoms with van der Waals surface area (Å²) in [4.78, 5) is 13.2. The first-order chi connectivity index (χ1) is 9.29. The van der Waals surface area contributed by atoms with Crippen LogP contribution in [0.15, 0.2) is 41.8 Å². The number of benzene rings is 1. The number of aryl methyl sites for hydroxylation is 1. The second-order valence-corrected chi connectivity index (χ2v) is 5.57. The maximum absolute atomic E-state index is 11.9. The van der Waals surface area contributed by atoms with Gasteiger partial charge in [0.1, 0.15) is 0 Å². The van der Waals surface area contributed by atoms with Crippen molar-refractivity contribution in [2.24, 2.45) is 0 Å². The molecule has 1 N–H and O–H groups in total. The van der Waals surface area contributed by atoms with E-state index in [0.717, 1.165) is 24.1 Å². The van der Waals surface area contributed by atoms with Gasteiger partial charge in [0, 0.05) is 22.9 Å². The fourth-order valence-corrected chi connectivity index (χ4v) is 2.83. The van der Waals surface area contributed by atoms with E-state index in [-0.39, 0.29) is 5.91 Å². The summed E-state index contributed by atoms with van der Waals surface area (Å²) in [5.74, 6) is 0.458. The van der Waals surface area contributed by atoms with E-state index < -0.39 is 0 Å². The highest BCUT2D eigenvalue weighted by Gasteiger charge is 2.06. The van der Waals surface area contributed by atoms with Crippen LogP contribution in [-0.2, 0) is 17.1 Å². The molecule has 0 radical (unpaired) electrons. The number of hydrogen-bond donors (Lipinski definition) is 1. The molecule has 2 aromatic rings. The standard InChI is InChI=1S/C15H16ClNOS/c16-11-12-5-1-2-8-14(12)17-15(18)9-3-6-13-7-4-10-19-13/h1-2,4-5,7-8,10H,3,6,9,11H2,(H,17,18). The third kappa shape index (κ3) is 4.37. The van der Waals surface area contributed by atoms with E-state index in [1.54, 1.807) is 11.3 Å². The summed E-state index contributed by atoms with van der Waals surface area (Å²) >= 11 is 7.57. The molecule has 0 aliphatic heterocycles. The van der Waals surface area contributed by atoms with Crippen LogP contribution in [-0.4, -0.2) is 5.91 Å². The van der Waals surface area contributed by atoms with Crippen molar-refractivity contribution in [3.05, 3.63) is 52.2 Å². The molecule has 0 aliphatic carbocycles. The molecule has 0 saturated carbocycles. The van der Waals surface area contributed by atoms with Gasteiger partial charge in [0.15, 0.2) is 0 Å². The summed E-state index contributed by atoms with van der Waals surface area (Å²) in [7, 11) is 0. The van der Waals surface area contributed by atoms with Gasteiger partial charge in [0.2, 0.25) is 5.91 Å². The third-order valence-corrected chi connectivity index (χ3v) is 4.07. The number of halogens is 1. The molecule has 0 saturated heterocycles. The van der Waals surface area contributed by atoms with E-state index in [1.807, 2.05) is 30.3 Å². The number of nitrogens with one attached hydrogen (secondary N) is 1. The normalized spacial score (nSPS) is 10.4. The lowest BCUT2D eigenvalue weighted by molar-refractivity contribution is -0.116. The van der Waals surface area contributed by atoms with Crippen molar-refractivity contribution >= 4 is 34.5 Å². The van der Waals surface area contributed by atoms with E-state index in [1.165, 1.54) is 4.88 Å². The fourth-order valence-electron chi connectivity index (χ4n) is 1.85. The molecule has 0 bridgehead atoms. The SMILES string of the molecule is O=C(CCCc1cccs1)Nc1ccccc1CCl. The van der Waals surface area contributed by atoms with Crippen LogP contribution < -0.4 is 5.32 Å². The van der Waals surface area contributed by atoms with Gasteiger partial charge in [-0.25, -0.2) is 0 Å². The zero-order chi connectivity index (χ0) is 13.5. The molecule has 2 rings (SSSR count). The average Bonchev–Trinajstić information content (AvgIpc) is 2.92. The summed E-state index contributed by atoms with van der Waals surface area (Å²) in [6, 6.07) is 11.8. The Hall–Kier alpha value is -1.32. The lowest BCUT2D eigenvalue weighted by atomic mass is 10.1. The van der Waals surface area contributed by atoms with Gasteiger partial charge in [-0.1, -0.05) is 24.3 Å². The Labute approximate surface area is 122 Å². The van der Waals surface area contributed by atoms with Gasteiger partial charge in [-0.3, -0.25) is 4.79 Å². The van der Waals surface area contributed by atoms with E-state index in [0.29, 0.717) is 12.3 Å². The molecule has 2 nitrogen and oxygen atoms in total. The quantitative estimate of drug-likeness (QED) is 0.783. The molecule has 1 aromatic carbocycles. The maximum Gasteiger partial charge on any atom is 0.224 e. The molecule has 0 fully saturated rings. The van der Waals surface area contributed by atoms with Crippen molar-refractivity contribution in [1.29, 1.82) is 0 Å². The number of thiophene rings is 1. The Morgan fingerprint density at radius 3 is 2.79 bits per heavy atom. The van der Waals surface area contributed by atoms with Gasteiger partial charge in [0.25, 0.3) is 0 Å². The number of alkyl halides is 1. The molecular weight excluding hydrogens is 278 g/mol. The van der Waals surface area contributed by atoms with Crippen LogP contribution in [0.1, 0.15) is 23.3 Å². The number of carbonyl (C=O) groups is 1. The van der Waals surface area contributed by atoms with E-state index in [4.69, 9.17) is 11.6 Å². The Morgan fingerprint density at radius 1 is 1.21 bits per heavy atom. The van der Waals surface area contributed by atoms with Crippen LogP contribution in [0.2, 0.25) is 0 Å². The van der Waals surface area contributed by atoms with Gasteiger partial charge in [0.05, 0.1) is 0 Å². The topological polar surface area (TPSA) is 29.1 Å². The van der Waals surface area contributed by atoms with Gasteiger partial charge < -0.3 is 5.32 Å². The lowest BCUT2D eigenvalue weighted by Crippen LogP contribution is -2.12. The van der Waals surface area contributed by atoms with Gasteiger partial charge in [-0.2, -0.15) is 0 Å². The summed E-state index contributed by atoms with van der Waals surface area (Å²) in [6.45, 7) is 0. The van der Waals surface area contributed by atoms with E-state index >= 15 is 0 Å². The Kier molecular flexibility index (Phi) is 5.43. The largest absolute Gasteiger partial charge is 0.326 e. The minimum Gasteiger partial charge on any atom is -0.326 e. The first-order valence-corrected chi connectivity index (χ1v) is 7.67. The number of rotatable bonds is 6. The summed E-state index contributed by atoms with van der Waals surface area (Å²) in [5.41, 5.74) is 1.77. The van der Waals surface area contributed by atoms with Crippen LogP contribution in [0, 0.1) is 0 Å². The fraction of sp³-hybridized carbons (Fsp3) is 0.267. The number of para-hydroxylation sites is 1. The van der Waals surface area contributed by atoms with Crippen molar-refractivity contribution in [2.75, 3.05) is 5.32 Å². The van der Waals surface area contributed by atoms with Crippen molar-refractivity contribution < 1.29 is 4.79 Å². The zero-order valence-corrected chi connectivity index (χ0v) is 12.1. The smallest absolute Gasteiger partial charge is 0.224 e. The molecule has 1 heterocycles. The minimum atomic E-state index is 0.0501. The van der Waals surface area contributed by atoms with Crippen LogP contribution in [0.5, 0.6) is 0 Å². The molecule has 19 heavy (non-hydrogen) atoms. The van der Waals surface area contributed by atoms with Crippen LogP contribution in [0.25, 0.3) is 0 Å². The second kappa shape index (κ2) is 7.31. The van der Waals surface area contributed by atoms with Crippen LogP contribution in [0.3, 0.4) is 0 Å². The highest BCUT2D eigenvalue weighted by Crippen LogP contribution is 2.18. The molecule has 1 amide bonds. The lowest BCUT2D eigenvalue weighted by Gasteiger charge is -2.08. The monoisotopic (exact) mass is 293 g/mol. The van der Waals surface area contributed by atoms with Gasteiger partial charge in [-0.05, 0) is 35.9 Å². The van der Waals surface area contributed by atoms with E-state index in [2.05, 4.69) is 16.8 Å². The molecule has 4 heteroatoms. The Bertz CT molecular complexity index is 525. The Balaban J connectivity index is 1.80. The first kappa shape index (κ1) is 14.1. The third-order valence-electron chi connectivity index (χ3n) is 2.84. The van der Waals surface area contributed by atoms with E-state index in [9.17, 15) is 4.79 Å². The van der Waals surface area contributed by atoms with Crippen molar-refractivity contribution in [3.8, 4) is 0 Å². The maximum atomic E-state index is 11.9. The predicted octanol–water partition coefficient (Wildman–Crippen LogP) is 4.45. The second-order valence-electron chi connectivity index (χ2n) is 4.27. The number of carbonyl (C=O) groups excluding carboxylic acids is 1. The molecular formula is C15H16ClNOS. The highest BCUT2D eigenvalue weighted by molar-refractivity contribution is 7.09. The minimum absolute atomic E-state index is 0.0501. The average molecular weight is 294 g/mol. The number of anilines is 1. The predicted molar refractivity (Wildman–Crippen MR) is 81.9 cm³/mol. The molecule has 0 aliphatic rings. The summed E-state index contributed by atoms with van der Waals surface area (Å²) < 4.78 is 0. The first-order valence-electron chi connectivity index (χ1n) is 6.25. The van der Waals surface area contributed by atoms with Gasteiger partial charge in [-0.15, -0.1) is 22.9 Å². The van der Waals surface area contributed by atoms with Crippen molar-refractivity contribution in [2.45, 2.75) is 25.1 Å². The van der Waals surface area contributed by atoms with Crippen LogP contribution in [0.4, 0.5) is 5.69 Å². The Morgan fingerprint density at radius 2 is 2.05 bits per heavy atom. The molecule has 100 valence electrons. The molecule has 0 unspecified atom stereocenters. The summed E-state index contributed by atoms with van der Waals surface area (Å²) in [5, 5.41) is 4.98. The molecule has 0 atom stereocenters. The van der Waals surface area contributed by atoms with Gasteiger partial charge >= 0.3 is 0 Å².